The lowest BCUT2D eigenvalue weighted by Gasteiger charge is -2.34. The number of nitrogens with zero attached hydrogens (tertiary/aromatic N) is 4. The molecule has 1 unspecified atom stereocenters. The second-order valence-corrected chi connectivity index (χ2v) is 7.34. The number of halogens is 1. The Morgan fingerprint density at radius 1 is 1.15 bits per heavy atom. The SMILES string of the molecule is CCN1CCN(CCNC(=NC)NC2CCN(C(=O)C(C)C)C2)CC1.I. The van der Waals surface area contributed by atoms with Crippen molar-refractivity contribution in [2.24, 2.45) is 10.9 Å². The van der Waals surface area contributed by atoms with Crippen molar-refractivity contribution in [3.8, 4) is 0 Å². The van der Waals surface area contributed by atoms with Crippen LogP contribution in [-0.2, 0) is 4.79 Å². The Hall–Kier alpha value is -0.610. The summed E-state index contributed by atoms with van der Waals surface area (Å²) in [6, 6.07) is 0.294. The highest BCUT2D eigenvalue weighted by molar-refractivity contribution is 14.0. The molecule has 0 aromatic carbocycles. The van der Waals surface area contributed by atoms with Gasteiger partial charge in [0, 0.05) is 71.4 Å². The van der Waals surface area contributed by atoms with Gasteiger partial charge in [0.1, 0.15) is 0 Å². The minimum Gasteiger partial charge on any atom is -0.355 e. The van der Waals surface area contributed by atoms with Crippen LogP contribution in [0.5, 0.6) is 0 Å². The fourth-order valence-corrected chi connectivity index (χ4v) is 3.49. The molecule has 2 heterocycles. The molecule has 8 heteroatoms. The third-order valence-electron chi connectivity index (χ3n) is 5.19. The molecule has 0 aromatic heterocycles. The molecular weight excluding hydrogens is 443 g/mol. The normalized spacial score (nSPS) is 22.4. The van der Waals surface area contributed by atoms with E-state index in [0.717, 1.165) is 58.2 Å². The van der Waals surface area contributed by atoms with E-state index in [1.807, 2.05) is 18.7 Å². The van der Waals surface area contributed by atoms with Gasteiger partial charge in [0.25, 0.3) is 0 Å². The predicted molar refractivity (Wildman–Crippen MR) is 118 cm³/mol. The molecular formula is C18H37IN6O. The van der Waals surface area contributed by atoms with Gasteiger partial charge in [-0.05, 0) is 13.0 Å². The van der Waals surface area contributed by atoms with E-state index in [4.69, 9.17) is 0 Å². The van der Waals surface area contributed by atoms with Gasteiger partial charge in [-0.25, -0.2) is 0 Å². The summed E-state index contributed by atoms with van der Waals surface area (Å²) in [7, 11) is 1.81. The van der Waals surface area contributed by atoms with Crippen molar-refractivity contribution in [1.29, 1.82) is 0 Å². The highest BCUT2D eigenvalue weighted by Gasteiger charge is 2.27. The van der Waals surface area contributed by atoms with Gasteiger partial charge in [0.05, 0.1) is 0 Å². The predicted octanol–water partition coefficient (Wildman–Crippen LogP) is 0.664. The van der Waals surface area contributed by atoms with Crippen LogP contribution in [0.1, 0.15) is 27.2 Å². The fourth-order valence-electron chi connectivity index (χ4n) is 3.49. The Kier molecular flexibility index (Phi) is 10.8. The first-order chi connectivity index (χ1) is 12.0. The van der Waals surface area contributed by atoms with Gasteiger partial charge < -0.3 is 20.4 Å². The van der Waals surface area contributed by atoms with Gasteiger partial charge in [-0.15, -0.1) is 24.0 Å². The molecule has 0 bridgehead atoms. The van der Waals surface area contributed by atoms with Crippen molar-refractivity contribution in [3.05, 3.63) is 0 Å². The smallest absolute Gasteiger partial charge is 0.225 e. The quantitative estimate of drug-likeness (QED) is 0.333. The van der Waals surface area contributed by atoms with Crippen LogP contribution < -0.4 is 10.6 Å². The summed E-state index contributed by atoms with van der Waals surface area (Å²) in [6.45, 7) is 15.5. The minimum absolute atomic E-state index is 0. The number of carbonyl (C=O) groups excluding carboxylic acids is 1. The van der Waals surface area contributed by atoms with Gasteiger partial charge in [0.2, 0.25) is 5.91 Å². The van der Waals surface area contributed by atoms with E-state index in [1.54, 1.807) is 7.05 Å². The number of nitrogens with one attached hydrogen (secondary N) is 2. The number of hydrogen-bond acceptors (Lipinski definition) is 4. The van der Waals surface area contributed by atoms with Gasteiger partial charge in [-0.2, -0.15) is 0 Å². The molecule has 152 valence electrons. The van der Waals surface area contributed by atoms with Gasteiger partial charge in [-0.1, -0.05) is 20.8 Å². The Balaban J connectivity index is 0.00000338. The number of hydrogen-bond donors (Lipinski definition) is 2. The zero-order valence-corrected chi connectivity index (χ0v) is 19.2. The summed E-state index contributed by atoms with van der Waals surface area (Å²) in [5, 5.41) is 6.88. The third-order valence-corrected chi connectivity index (χ3v) is 5.19. The molecule has 1 atom stereocenters. The maximum absolute atomic E-state index is 12.1. The minimum atomic E-state index is 0. The van der Waals surface area contributed by atoms with E-state index in [1.165, 1.54) is 13.1 Å². The number of aliphatic imine (C=N–C) groups is 1. The number of likely N-dealkylation sites (tertiary alicyclic amines) is 1. The van der Waals surface area contributed by atoms with Crippen molar-refractivity contribution in [1.82, 2.24) is 25.3 Å². The lowest BCUT2D eigenvalue weighted by Crippen LogP contribution is -2.50. The van der Waals surface area contributed by atoms with E-state index in [2.05, 4.69) is 32.3 Å². The molecule has 2 aliphatic heterocycles. The van der Waals surface area contributed by atoms with Gasteiger partial charge in [0.15, 0.2) is 5.96 Å². The average Bonchev–Trinajstić information content (AvgIpc) is 3.09. The molecule has 2 fully saturated rings. The Morgan fingerprint density at radius 3 is 2.38 bits per heavy atom. The van der Waals surface area contributed by atoms with Crippen LogP contribution in [0.15, 0.2) is 4.99 Å². The van der Waals surface area contributed by atoms with Crippen LogP contribution in [0.3, 0.4) is 0 Å². The fraction of sp³-hybridized carbons (Fsp3) is 0.889. The van der Waals surface area contributed by atoms with Crippen LogP contribution >= 0.6 is 24.0 Å². The summed E-state index contributed by atoms with van der Waals surface area (Å²) in [6.07, 6.45) is 0.984. The van der Waals surface area contributed by atoms with Crippen molar-refractivity contribution < 1.29 is 4.79 Å². The van der Waals surface area contributed by atoms with Crippen LogP contribution in [0.25, 0.3) is 0 Å². The molecule has 0 aromatic rings. The first-order valence-electron chi connectivity index (χ1n) is 9.74. The zero-order chi connectivity index (χ0) is 18.2. The molecule has 7 nitrogen and oxygen atoms in total. The van der Waals surface area contributed by atoms with Crippen molar-refractivity contribution in [3.63, 3.8) is 0 Å². The summed E-state index contributed by atoms with van der Waals surface area (Å²) >= 11 is 0. The first kappa shape index (κ1) is 23.4. The summed E-state index contributed by atoms with van der Waals surface area (Å²) in [4.78, 5) is 23.4. The van der Waals surface area contributed by atoms with Crippen LogP contribution in [0.4, 0.5) is 0 Å². The van der Waals surface area contributed by atoms with E-state index in [-0.39, 0.29) is 35.8 Å². The molecule has 0 radical (unpaired) electrons. The van der Waals surface area contributed by atoms with Crippen LogP contribution in [0.2, 0.25) is 0 Å². The molecule has 26 heavy (non-hydrogen) atoms. The molecule has 2 rings (SSSR count). The molecule has 0 spiro atoms. The third kappa shape index (κ3) is 7.19. The van der Waals surface area contributed by atoms with E-state index < -0.39 is 0 Å². The highest BCUT2D eigenvalue weighted by atomic mass is 127. The number of guanidine groups is 1. The van der Waals surface area contributed by atoms with E-state index in [0.29, 0.717) is 6.04 Å². The van der Waals surface area contributed by atoms with Gasteiger partial charge in [-0.3, -0.25) is 14.7 Å². The Morgan fingerprint density at radius 2 is 1.81 bits per heavy atom. The Bertz CT molecular complexity index is 451. The number of likely N-dealkylation sites (N-methyl/N-ethyl adjacent to an activating group) is 1. The van der Waals surface area contributed by atoms with E-state index in [9.17, 15) is 4.79 Å². The maximum Gasteiger partial charge on any atom is 0.225 e. The molecule has 2 aliphatic rings. The highest BCUT2D eigenvalue weighted by Crippen LogP contribution is 2.12. The van der Waals surface area contributed by atoms with Crippen LogP contribution in [0, 0.1) is 5.92 Å². The second kappa shape index (κ2) is 12.0. The summed E-state index contributed by atoms with van der Waals surface area (Å²) in [5.74, 6) is 1.17. The van der Waals surface area contributed by atoms with E-state index >= 15 is 0 Å². The zero-order valence-electron chi connectivity index (χ0n) is 16.8. The molecule has 0 saturated carbocycles. The molecule has 1 amide bonds. The molecule has 2 N–H and O–H groups in total. The average molecular weight is 480 g/mol. The second-order valence-electron chi connectivity index (χ2n) is 7.34. The summed E-state index contributed by atoms with van der Waals surface area (Å²) < 4.78 is 0. The van der Waals surface area contributed by atoms with Gasteiger partial charge >= 0.3 is 0 Å². The van der Waals surface area contributed by atoms with Crippen molar-refractivity contribution >= 4 is 35.8 Å². The van der Waals surface area contributed by atoms with Crippen molar-refractivity contribution in [2.45, 2.75) is 33.2 Å². The lowest BCUT2D eigenvalue weighted by molar-refractivity contribution is -0.133. The number of rotatable bonds is 6. The number of amides is 1. The van der Waals surface area contributed by atoms with Crippen molar-refractivity contribution in [2.75, 3.05) is 66.0 Å². The molecule has 2 saturated heterocycles. The molecule has 0 aliphatic carbocycles. The standard InChI is InChI=1S/C18H36N6O.HI/c1-5-22-10-12-23(13-11-22)9-7-20-18(19-4)21-16-6-8-24(14-16)17(25)15(2)3;/h15-16H,5-14H2,1-4H3,(H2,19,20,21);1H. The lowest BCUT2D eigenvalue weighted by atomic mass is 10.2. The Labute approximate surface area is 176 Å². The summed E-state index contributed by atoms with van der Waals surface area (Å²) in [5.41, 5.74) is 0. The number of piperazine rings is 1. The topological polar surface area (TPSA) is 63.2 Å². The monoisotopic (exact) mass is 480 g/mol. The first-order valence-corrected chi connectivity index (χ1v) is 9.74. The van der Waals surface area contributed by atoms with Crippen LogP contribution in [-0.4, -0.2) is 98.6 Å². The largest absolute Gasteiger partial charge is 0.355 e. The number of carbonyl (C=O) groups is 1. The maximum atomic E-state index is 12.1.